The van der Waals surface area contributed by atoms with Crippen LogP contribution >= 0.6 is 15.9 Å². The van der Waals surface area contributed by atoms with Crippen molar-refractivity contribution in [2.45, 2.75) is 19.1 Å². The number of anilines is 1. The van der Waals surface area contributed by atoms with Crippen molar-refractivity contribution in [3.63, 3.8) is 0 Å². The van der Waals surface area contributed by atoms with E-state index in [0.717, 1.165) is 12.8 Å². The van der Waals surface area contributed by atoms with Gasteiger partial charge in [-0.3, -0.25) is 24.5 Å². The number of fused-ring (bicyclic) bond motifs is 1. The number of nitrogens with one attached hydrogen (secondary N) is 2. The summed E-state index contributed by atoms with van der Waals surface area (Å²) in [5.74, 6) is -0.289. The van der Waals surface area contributed by atoms with E-state index in [4.69, 9.17) is 4.74 Å². The Kier molecular flexibility index (Phi) is 4.10. The molecular formula is C16H14BrN5O3. The lowest BCUT2D eigenvalue weighted by atomic mass is 10.2. The second-order valence-electron chi connectivity index (χ2n) is 5.63. The Morgan fingerprint density at radius 3 is 2.84 bits per heavy atom. The van der Waals surface area contributed by atoms with E-state index < -0.39 is 5.56 Å². The molecule has 0 aliphatic carbocycles. The standard InChI is InChI=1S/C16H14BrN5O3/c17-15-18-11-12(22(15)10-7-4-8-25-10)19-16(21-14(11)24)20-13(23)9-5-2-1-3-6-9/h1-3,5-6,10H,4,7-8H2,(H2,19,20,21,23,24). The van der Waals surface area contributed by atoms with Gasteiger partial charge in [0.2, 0.25) is 5.95 Å². The van der Waals surface area contributed by atoms with Crippen LogP contribution < -0.4 is 10.9 Å². The lowest BCUT2D eigenvalue weighted by Crippen LogP contribution is -2.19. The van der Waals surface area contributed by atoms with Crippen molar-refractivity contribution < 1.29 is 9.53 Å². The number of hydrogen-bond acceptors (Lipinski definition) is 5. The maximum absolute atomic E-state index is 12.3. The molecule has 2 aromatic heterocycles. The van der Waals surface area contributed by atoms with Gasteiger partial charge in [0.05, 0.1) is 0 Å². The number of carbonyl (C=O) groups excluding carboxylic acids is 1. The van der Waals surface area contributed by atoms with E-state index >= 15 is 0 Å². The first-order valence-electron chi connectivity index (χ1n) is 7.79. The van der Waals surface area contributed by atoms with E-state index in [-0.39, 0.29) is 23.6 Å². The lowest BCUT2D eigenvalue weighted by molar-refractivity contribution is 0.0576. The van der Waals surface area contributed by atoms with Crippen molar-refractivity contribution in [2.24, 2.45) is 0 Å². The summed E-state index contributed by atoms with van der Waals surface area (Å²) in [7, 11) is 0. The molecule has 0 radical (unpaired) electrons. The zero-order valence-electron chi connectivity index (χ0n) is 13.0. The van der Waals surface area contributed by atoms with Gasteiger partial charge in [0.15, 0.2) is 15.9 Å². The van der Waals surface area contributed by atoms with Crippen molar-refractivity contribution in [3.05, 3.63) is 51.0 Å². The van der Waals surface area contributed by atoms with Crippen LogP contribution in [0.3, 0.4) is 0 Å². The third-order valence-electron chi connectivity index (χ3n) is 3.97. The second kappa shape index (κ2) is 6.41. The minimum absolute atomic E-state index is 0.0676. The summed E-state index contributed by atoms with van der Waals surface area (Å²) in [4.78, 5) is 35.7. The monoisotopic (exact) mass is 403 g/mol. The SMILES string of the molecule is O=C(Nc1nc2c(nc(Br)n2C2CCCO2)c(=O)[nH]1)c1ccccc1. The van der Waals surface area contributed by atoms with Crippen LogP contribution in [0.1, 0.15) is 29.4 Å². The predicted octanol–water partition coefficient (Wildman–Crippen LogP) is 2.44. The molecule has 0 saturated carbocycles. The molecule has 1 aromatic carbocycles. The van der Waals surface area contributed by atoms with Gasteiger partial charge in [0.25, 0.3) is 11.5 Å². The summed E-state index contributed by atoms with van der Waals surface area (Å²) < 4.78 is 7.87. The van der Waals surface area contributed by atoms with Gasteiger partial charge < -0.3 is 4.74 Å². The Bertz CT molecular complexity index is 992. The van der Waals surface area contributed by atoms with Gasteiger partial charge in [0, 0.05) is 12.2 Å². The average molecular weight is 404 g/mol. The first kappa shape index (κ1) is 16.0. The number of amides is 1. The van der Waals surface area contributed by atoms with Crippen LogP contribution in [0.15, 0.2) is 39.9 Å². The molecule has 2 N–H and O–H groups in total. The van der Waals surface area contributed by atoms with Crippen molar-refractivity contribution in [3.8, 4) is 0 Å². The zero-order chi connectivity index (χ0) is 17.4. The topological polar surface area (TPSA) is 102 Å². The molecule has 1 atom stereocenters. The fourth-order valence-corrected chi connectivity index (χ4v) is 3.38. The Hall–Kier alpha value is -2.52. The normalized spacial score (nSPS) is 17.1. The fraction of sp³-hybridized carbons (Fsp3) is 0.250. The van der Waals surface area contributed by atoms with Gasteiger partial charge in [-0.05, 0) is 40.9 Å². The van der Waals surface area contributed by atoms with Crippen LogP contribution in [0.5, 0.6) is 0 Å². The van der Waals surface area contributed by atoms with Crippen LogP contribution in [-0.4, -0.2) is 32.0 Å². The third kappa shape index (κ3) is 2.96. The number of aromatic amines is 1. The molecule has 1 fully saturated rings. The summed E-state index contributed by atoms with van der Waals surface area (Å²) in [5, 5.41) is 2.62. The number of halogens is 1. The Balaban J connectivity index is 1.74. The highest BCUT2D eigenvalue weighted by molar-refractivity contribution is 9.10. The number of H-pyrrole nitrogens is 1. The van der Waals surface area contributed by atoms with Gasteiger partial charge in [0.1, 0.15) is 6.23 Å². The van der Waals surface area contributed by atoms with Crippen LogP contribution in [-0.2, 0) is 4.74 Å². The van der Waals surface area contributed by atoms with E-state index in [1.807, 2.05) is 6.07 Å². The summed E-state index contributed by atoms with van der Waals surface area (Å²) in [6.45, 7) is 0.650. The van der Waals surface area contributed by atoms with Gasteiger partial charge in [-0.15, -0.1) is 0 Å². The minimum Gasteiger partial charge on any atom is -0.358 e. The molecule has 1 unspecified atom stereocenters. The van der Waals surface area contributed by atoms with Crippen molar-refractivity contribution >= 4 is 38.9 Å². The fourth-order valence-electron chi connectivity index (χ4n) is 2.81. The highest BCUT2D eigenvalue weighted by atomic mass is 79.9. The summed E-state index contributed by atoms with van der Waals surface area (Å²) in [6, 6.07) is 8.70. The van der Waals surface area contributed by atoms with Gasteiger partial charge in [-0.25, -0.2) is 4.98 Å². The van der Waals surface area contributed by atoms with E-state index in [9.17, 15) is 9.59 Å². The summed E-state index contributed by atoms with van der Waals surface area (Å²) >= 11 is 3.36. The van der Waals surface area contributed by atoms with Crippen LogP contribution in [0.2, 0.25) is 0 Å². The number of carbonyl (C=O) groups is 1. The Labute approximate surface area is 150 Å². The molecular weight excluding hydrogens is 390 g/mol. The van der Waals surface area contributed by atoms with Crippen molar-refractivity contribution in [1.29, 1.82) is 0 Å². The molecule has 9 heteroatoms. The number of rotatable bonds is 3. The molecule has 8 nitrogen and oxygen atoms in total. The number of imidazole rings is 1. The molecule has 3 aromatic rings. The molecule has 0 bridgehead atoms. The van der Waals surface area contributed by atoms with Crippen molar-refractivity contribution in [1.82, 2.24) is 19.5 Å². The van der Waals surface area contributed by atoms with Crippen molar-refractivity contribution in [2.75, 3.05) is 11.9 Å². The molecule has 1 saturated heterocycles. The van der Waals surface area contributed by atoms with E-state index in [1.165, 1.54) is 0 Å². The molecule has 25 heavy (non-hydrogen) atoms. The largest absolute Gasteiger partial charge is 0.358 e. The second-order valence-corrected chi connectivity index (χ2v) is 6.33. The number of benzene rings is 1. The maximum atomic E-state index is 12.3. The average Bonchev–Trinajstić information content (AvgIpc) is 3.23. The first-order chi connectivity index (χ1) is 12.1. The Morgan fingerprint density at radius 2 is 2.12 bits per heavy atom. The maximum Gasteiger partial charge on any atom is 0.280 e. The van der Waals surface area contributed by atoms with E-state index in [1.54, 1.807) is 28.8 Å². The van der Waals surface area contributed by atoms with E-state index in [0.29, 0.717) is 22.6 Å². The molecule has 128 valence electrons. The summed E-state index contributed by atoms with van der Waals surface area (Å²) in [6.07, 6.45) is 1.51. The van der Waals surface area contributed by atoms with Gasteiger partial charge in [-0.2, -0.15) is 4.98 Å². The van der Waals surface area contributed by atoms with Gasteiger partial charge >= 0.3 is 0 Å². The van der Waals surface area contributed by atoms with Crippen LogP contribution in [0.4, 0.5) is 5.95 Å². The lowest BCUT2D eigenvalue weighted by Gasteiger charge is -2.13. The highest BCUT2D eigenvalue weighted by Gasteiger charge is 2.25. The molecule has 3 heterocycles. The number of aromatic nitrogens is 4. The van der Waals surface area contributed by atoms with Gasteiger partial charge in [-0.1, -0.05) is 18.2 Å². The zero-order valence-corrected chi connectivity index (χ0v) is 14.6. The molecule has 1 amide bonds. The minimum atomic E-state index is -0.425. The first-order valence-corrected chi connectivity index (χ1v) is 8.58. The summed E-state index contributed by atoms with van der Waals surface area (Å²) in [5.41, 5.74) is 0.607. The number of nitrogens with zero attached hydrogens (tertiary/aromatic N) is 3. The number of hydrogen-bond donors (Lipinski definition) is 2. The number of ether oxygens (including phenoxy) is 1. The smallest absolute Gasteiger partial charge is 0.280 e. The molecule has 1 aliphatic rings. The van der Waals surface area contributed by atoms with E-state index in [2.05, 4.69) is 36.2 Å². The van der Waals surface area contributed by atoms with Crippen LogP contribution in [0.25, 0.3) is 11.2 Å². The Morgan fingerprint density at radius 1 is 1.32 bits per heavy atom. The predicted molar refractivity (Wildman–Crippen MR) is 94.5 cm³/mol. The van der Waals surface area contributed by atoms with Crippen LogP contribution in [0, 0.1) is 0 Å². The molecule has 1 aliphatic heterocycles. The quantitative estimate of drug-likeness (QED) is 0.653. The molecule has 4 rings (SSSR count). The molecule has 0 spiro atoms. The third-order valence-corrected chi connectivity index (χ3v) is 4.53. The highest BCUT2D eigenvalue weighted by Crippen LogP contribution is 2.29.